The summed E-state index contributed by atoms with van der Waals surface area (Å²) in [6, 6.07) is 8.27. The highest BCUT2D eigenvalue weighted by molar-refractivity contribution is 6.16. The summed E-state index contributed by atoms with van der Waals surface area (Å²) in [6.07, 6.45) is 7.70. The van der Waals surface area contributed by atoms with E-state index < -0.39 is 0 Å². The first-order valence-electron chi connectivity index (χ1n) is 14.6. The molecule has 0 spiro atoms. The zero-order valence-electron chi connectivity index (χ0n) is 28.0. The van der Waals surface area contributed by atoms with Crippen molar-refractivity contribution in [2.24, 2.45) is 26.8 Å². The second-order valence-electron chi connectivity index (χ2n) is 10.2. The number of amidine groups is 1. The first-order chi connectivity index (χ1) is 18.4. The van der Waals surface area contributed by atoms with Gasteiger partial charge in [0.1, 0.15) is 5.75 Å². The third-order valence-corrected chi connectivity index (χ3v) is 6.19. The van der Waals surface area contributed by atoms with Crippen LogP contribution >= 0.6 is 0 Å². The summed E-state index contributed by atoms with van der Waals surface area (Å²) in [7, 11) is 5.33. The molecule has 1 heterocycles. The highest BCUT2D eigenvalue weighted by atomic mass is 16.5. The first kappa shape index (κ1) is 38.4. The summed E-state index contributed by atoms with van der Waals surface area (Å²) in [6.45, 7) is 25.6. The molecule has 0 N–H and O–H groups in total. The molecule has 0 radical (unpaired) electrons. The van der Waals surface area contributed by atoms with E-state index in [-0.39, 0.29) is 0 Å². The van der Waals surface area contributed by atoms with Gasteiger partial charge in [-0.1, -0.05) is 78.7 Å². The van der Waals surface area contributed by atoms with E-state index in [4.69, 9.17) is 4.74 Å². The van der Waals surface area contributed by atoms with Crippen molar-refractivity contribution < 1.29 is 4.74 Å². The number of dihydropyridines is 1. The van der Waals surface area contributed by atoms with Crippen LogP contribution in [0.15, 0.2) is 73.7 Å². The number of allylic oxidation sites excluding steroid dienone is 4. The molecule has 0 atom stereocenters. The van der Waals surface area contributed by atoms with Gasteiger partial charge in [0.25, 0.3) is 0 Å². The predicted octanol–water partition coefficient (Wildman–Crippen LogP) is 10.2. The minimum atomic E-state index is 0.593. The third kappa shape index (κ3) is 15.4. The van der Waals surface area contributed by atoms with Crippen LogP contribution in [-0.4, -0.2) is 38.5 Å². The van der Waals surface area contributed by atoms with Crippen molar-refractivity contribution in [2.45, 2.75) is 102 Å². The number of hydrogen-bond donors (Lipinski definition) is 0. The number of ether oxygens (including phenoxy) is 1. The van der Waals surface area contributed by atoms with Crippen LogP contribution in [0.5, 0.6) is 5.75 Å². The summed E-state index contributed by atoms with van der Waals surface area (Å²) in [4.78, 5) is 12.7. The van der Waals surface area contributed by atoms with Crippen molar-refractivity contribution in [3.05, 3.63) is 64.3 Å². The van der Waals surface area contributed by atoms with E-state index in [1.807, 2.05) is 53.0 Å². The Morgan fingerprint density at radius 1 is 1.00 bits per heavy atom. The number of hydrogen-bond acceptors (Lipinski definition) is 3. The maximum absolute atomic E-state index is 5.07. The highest BCUT2D eigenvalue weighted by Crippen LogP contribution is 2.20. The van der Waals surface area contributed by atoms with E-state index in [2.05, 4.69) is 88.6 Å². The Kier molecular flexibility index (Phi) is 21.8. The Labute approximate surface area is 242 Å². The Balaban J connectivity index is 0. The lowest BCUT2D eigenvalue weighted by atomic mass is 9.92. The van der Waals surface area contributed by atoms with Gasteiger partial charge in [-0.15, -0.1) is 0 Å². The number of methoxy groups -OCH3 is 1. The minimum Gasteiger partial charge on any atom is -0.497 e. The topological polar surface area (TPSA) is 46.3 Å². The quantitative estimate of drug-likeness (QED) is 0.319. The van der Waals surface area contributed by atoms with Gasteiger partial charge in [-0.05, 0) is 94.2 Å². The third-order valence-electron chi connectivity index (χ3n) is 6.19. The summed E-state index contributed by atoms with van der Waals surface area (Å²) in [5.41, 5.74) is 8.91. The van der Waals surface area contributed by atoms with Gasteiger partial charge < -0.3 is 4.74 Å². The smallest absolute Gasteiger partial charge is 0.154 e. The predicted molar refractivity (Wildman–Crippen MR) is 178 cm³/mol. The van der Waals surface area contributed by atoms with E-state index in [1.165, 1.54) is 40.8 Å². The molecule has 0 amide bonds. The SMILES string of the molecule is C/C=C1/C=C(C)C(C)=NC1=NC.CC.CCC/C(C)=C(\C(C)=NC)C(C)C.COc1ccc(CC(C)C)cc1. The van der Waals surface area contributed by atoms with Crippen LogP contribution in [0.25, 0.3) is 0 Å². The maximum Gasteiger partial charge on any atom is 0.154 e. The molecule has 1 aromatic rings. The van der Waals surface area contributed by atoms with Gasteiger partial charge >= 0.3 is 0 Å². The average molecular weight is 538 g/mol. The molecular formula is C35H59N3O. The van der Waals surface area contributed by atoms with Gasteiger partial charge in [-0.2, -0.15) is 0 Å². The highest BCUT2D eigenvalue weighted by Gasteiger charge is 2.10. The molecule has 39 heavy (non-hydrogen) atoms. The average Bonchev–Trinajstić information content (AvgIpc) is 2.91. The molecule has 220 valence electrons. The van der Waals surface area contributed by atoms with Crippen molar-refractivity contribution in [3.8, 4) is 5.75 Å². The molecule has 4 heteroatoms. The number of nitrogens with zero attached hydrogens (tertiary/aromatic N) is 3. The van der Waals surface area contributed by atoms with Crippen LogP contribution in [-0.2, 0) is 6.42 Å². The van der Waals surface area contributed by atoms with E-state index in [0.29, 0.717) is 5.92 Å². The summed E-state index contributed by atoms with van der Waals surface area (Å²) in [5.74, 6) is 3.08. The fourth-order valence-corrected chi connectivity index (χ4v) is 4.19. The van der Waals surface area contributed by atoms with Crippen LogP contribution in [0.1, 0.15) is 101 Å². The zero-order chi connectivity index (χ0) is 30.5. The molecule has 0 aliphatic carbocycles. The second kappa shape index (κ2) is 22.1. The molecule has 1 aromatic carbocycles. The van der Waals surface area contributed by atoms with Crippen LogP contribution in [0.3, 0.4) is 0 Å². The number of aliphatic imine (C=N–C) groups is 3. The standard InChI is InChI=1S/C12H23N.C11H16O.C10H14N2.C2H6/c1-7-8-10(4)12(9(2)3)11(5)13-6;1-9(2)8-10-4-6-11(12-3)7-5-10;1-5-9-6-7(2)8(3)12-10(9)11-4;1-2/h9H,7-8H2,1-6H3;4-7,9H,8H2,1-3H3;5-6H,1-4H3;1-2H3/b12-10-,13-11?;;9-5-,11-10?;. The molecule has 1 aliphatic heterocycles. The van der Waals surface area contributed by atoms with Gasteiger partial charge in [-0.3, -0.25) is 9.98 Å². The van der Waals surface area contributed by atoms with Crippen molar-refractivity contribution >= 4 is 17.3 Å². The fraction of sp³-hybridized carbons (Fsp3) is 0.571. The minimum absolute atomic E-state index is 0.593. The zero-order valence-corrected chi connectivity index (χ0v) is 28.0. The van der Waals surface area contributed by atoms with Crippen LogP contribution in [0.2, 0.25) is 0 Å². The molecular weight excluding hydrogens is 478 g/mol. The largest absolute Gasteiger partial charge is 0.497 e. The molecule has 0 bridgehead atoms. The molecule has 0 aromatic heterocycles. The van der Waals surface area contributed by atoms with E-state index >= 15 is 0 Å². The maximum atomic E-state index is 5.07. The molecule has 0 unspecified atom stereocenters. The van der Waals surface area contributed by atoms with Crippen molar-refractivity contribution in [2.75, 3.05) is 21.2 Å². The second-order valence-corrected chi connectivity index (χ2v) is 10.2. The molecule has 0 saturated carbocycles. The monoisotopic (exact) mass is 537 g/mol. The van der Waals surface area contributed by atoms with Gasteiger partial charge in [-0.25, -0.2) is 4.99 Å². The first-order valence-corrected chi connectivity index (χ1v) is 14.6. The van der Waals surface area contributed by atoms with Gasteiger partial charge in [0, 0.05) is 31.1 Å². The van der Waals surface area contributed by atoms with Crippen molar-refractivity contribution in [1.82, 2.24) is 0 Å². The lowest BCUT2D eigenvalue weighted by Gasteiger charge is -2.15. The van der Waals surface area contributed by atoms with Gasteiger partial charge in [0.2, 0.25) is 0 Å². The lowest BCUT2D eigenvalue weighted by Crippen LogP contribution is -2.09. The Morgan fingerprint density at radius 2 is 1.56 bits per heavy atom. The Hall–Kier alpha value is -2.75. The lowest BCUT2D eigenvalue weighted by molar-refractivity contribution is 0.414. The summed E-state index contributed by atoms with van der Waals surface area (Å²) >= 11 is 0. The molecule has 1 aliphatic rings. The van der Waals surface area contributed by atoms with Gasteiger partial charge in [0.15, 0.2) is 5.84 Å². The van der Waals surface area contributed by atoms with E-state index in [1.54, 1.807) is 14.2 Å². The van der Waals surface area contributed by atoms with Crippen molar-refractivity contribution in [1.29, 1.82) is 0 Å². The normalized spacial score (nSPS) is 15.8. The van der Waals surface area contributed by atoms with Crippen LogP contribution in [0.4, 0.5) is 0 Å². The van der Waals surface area contributed by atoms with Crippen molar-refractivity contribution in [3.63, 3.8) is 0 Å². The van der Waals surface area contributed by atoms with Crippen LogP contribution in [0, 0.1) is 11.8 Å². The molecule has 4 nitrogen and oxygen atoms in total. The Morgan fingerprint density at radius 3 is 1.95 bits per heavy atom. The van der Waals surface area contributed by atoms with Gasteiger partial charge in [0.05, 0.1) is 7.11 Å². The molecule has 0 saturated heterocycles. The summed E-state index contributed by atoms with van der Waals surface area (Å²) in [5, 5.41) is 0. The Bertz CT molecular complexity index is 969. The van der Waals surface area contributed by atoms with E-state index in [0.717, 1.165) is 35.2 Å². The molecule has 2 rings (SSSR count). The van der Waals surface area contributed by atoms with Crippen LogP contribution < -0.4 is 4.74 Å². The van der Waals surface area contributed by atoms with E-state index in [9.17, 15) is 0 Å². The molecule has 0 fully saturated rings. The fourth-order valence-electron chi connectivity index (χ4n) is 4.19. The number of benzene rings is 1. The summed E-state index contributed by atoms with van der Waals surface area (Å²) < 4.78 is 5.07. The number of rotatable bonds is 7.